The fourth-order valence-electron chi connectivity index (χ4n) is 3.14. The van der Waals surface area contributed by atoms with Gasteiger partial charge in [0.15, 0.2) is 11.5 Å². The van der Waals surface area contributed by atoms with Crippen molar-refractivity contribution < 1.29 is 9.90 Å². The van der Waals surface area contributed by atoms with Crippen LogP contribution in [0, 0.1) is 0 Å². The first-order valence-electron chi connectivity index (χ1n) is 7.85. The highest BCUT2D eigenvalue weighted by molar-refractivity contribution is 7.13. The highest BCUT2D eigenvalue weighted by Gasteiger charge is 2.28. The summed E-state index contributed by atoms with van der Waals surface area (Å²) in [6.45, 7) is 1.59. The molecular formula is C16H17N5O2S. The maximum atomic E-state index is 11.9. The van der Waals surface area contributed by atoms with E-state index >= 15 is 0 Å². The van der Waals surface area contributed by atoms with E-state index in [0.717, 1.165) is 24.3 Å². The number of piperidine rings is 1. The molecule has 4 rings (SSSR count). The SMILES string of the molecule is O=C(O)N(c1ccnc2nc(-c3cccs3)[nH]c12)C1CCCNC1. The number of hydrogen-bond acceptors (Lipinski definition) is 5. The Morgan fingerprint density at radius 2 is 2.33 bits per heavy atom. The van der Waals surface area contributed by atoms with Gasteiger partial charge in [-0.25, -0.2) is 14.8 Å². The molecular weight excluding hydrogens is 326 g/mol. The van der Waals surface area contributed by atoms with E-state index in [1.165, 1.54) is 4.90 Å². The van der Waals surface area contributed by atoms with E-state index in [1.54, 1.807) is 23.6 Å². The minimum atomic E-state index is -0.955. The van der Waals surface area contributed by atoms with E-state index in [1.807, 2.05) is 17.5 Å². The van der Waals surface area contributed by atoms with Gasteiger partial charge in [-0.3, -0.25) is 4.90 Å². The van der Waals surface area contributed by atoms with Gasteiger partial charge < -0.3 is 15.4 Å². The Morgan fingerprint density at radius 1 is 1.42 bits per heavy atom. The first kappa shape index (κ1) is 15.1. The second kappa shape index (κ2) is 6.21. The molecule has 1 aliphatic rings. The molecule has 1 aliphatic heterocycles. The number of aromatic amines is 1. The fourth-order valence-corrected chi connectivity index (χ4v) is 3.81. The van der Waals surface area contributed by atoms with Crippen molar-refractivity contribution in [3.63, 3.8) is 0 Å². The topological polar surface area (TPSA) is 94.1 Å². The van der Waals surface area contributed by atoms with Gasteiger partial charge >= 0.3 is 6.09 Å². The Morgan fingerprint density at radius 3 is 3.04 bits per heavy atom. The van der Waals surface area contributed by atoms with Crippen molar-refractivity contribution in [2.75, 3.05) is 18.0 Å². The molecule has 3 aromatic heterocycles. The largest absolute Gasteiger partial charge is 0.465 e. The van der Waals surface area contributed by atoms with Gasteiger partial charge in [-0.1, -0.05) is 6.07 Å². The van der Waals surface area contributed by atoms with E-state index in [0.29, 0.717) is 29.2 Å². The Balaban J connectivity index is 1.80. The number of nitrogens with one attached hydrogen (secondary N) is 2. The van der Waals surface area contributed by atoms with Crippen LogP contribution < -0.4 is 10.2 Å². The molecule has 3 N–H and O–H groups in total. The second-order valence-corrected chi connectivity index (χ2v) is 6.69. The molecule has 1 saturated heterocycles. The molecule has 0 bridgehead atoms. The average molecular weight is 343 g/mol. The van der Waals surface area contributed by atoms with Crippen molar-refractivity contribution in [3.8, 4) is 10.7 Å². The van der Waals surface area contributed by atoms with E-state index < -0.39 is 6.09 Å². The zero-order valence-corrected chi connectivity index (χ0v) is 13.7. The van der Waals surface area contributed by atoms with Gasteiger partial charge in [-0.15, -0.1) is 11.3 Å². The Hall–Kier alpha value is -2.45. The number of hydrogen-bond donors (Lipinski definition) is 3. The van der Waals surface area contributed by atoms with Crippen molar-refractivity contribution in [1.29, 1.82) is 0 Å². The van der Waals surface area contributed by atoms with Gasteiger partial charge in [0.1, 0.15) is 5.52 Å². The number of nitrogens with zero attached hydrogens (tertiary/aromatic N) is 3. The van der Waals surface area contributed by atoms with Gasteiger partial charge in [0.25, 0.3) is 0 Å². The van der Waals surface area contributed by atoms with Crippen LogP contribution in [0.4, 0.5) is 10.5 Å². The highest BCUT2D eigenvalue weighted by atomic mass is 32.1. The Labute approximate surface area is 142 Å². The third-order valence-electron chi connectivity index (χ3n) is 4.23. The van der Waals surface area contributed by atoms with E-state index in [4.69, 9.17) is 0 Å². The molecule has 3 aromatic rings. The lowest BCUT2D eigenvalue weighted by molar-refractivity contribution is 0.197. The molecule has 1 unspecified atom stereocenters. The third-order valence-corrected chi connectivity index (χ3v) is 5.10. The van der Waals surface area contributed by atoms with Crippen molar-refractivity contribution in [2.24, 2.45) is 0 Å². The first-order valence-corrected chi connectivity index (χ1v) is 8.73. The number of amides is 1. The van der Waals surface area contributed by atoms with Gasteiger partial charge in [0.2, 0.25) is 0 Å². The average Bonchev–Trinajstić information content (AvgIpc) is 3.25. The lowest BCUT2D eigenvalue weighted by Gasteiger charge is -2.32. The van der Waals surface area contributed by atoms with Crippen molar-refractivity contribution in [1.82, 2.24) is 20.3 Å². The summed E-state index contributed by atoms with van der Waals surface area (Å²) in [6, 6.07) is 5.58. The lowest BCUT2D eigenvalue weighted by Crippen LogP contribution is -2.48. The third kappa shape index (κ3) is 2.63. The second-order valence-electron chi connectivity index (χ2n) is 5.74. The fraction of sp³-hybridized carbons (Fsp3) is 0.312. The van der Waals surface area contributed by atoms with Crippen LogP contribution in [0.25, 0.3) is 21.9 Å². The van der Waals surface area contributed by atoms with Crippen molar-refractivity contribution >= 4 is 34.3 Å². The molecule has 0 spiro atoms. The molecule has 0 aromatic carbocycles. The number of thiophene rings is 1. The molecule has 0 aliphatic carbocycles. The molecule has 124 valence electrons. The molecule has 0 radical (unpaired) electrons. The zero-order valence-electron chi connectivity index (χ0n) is 12.9. The van der Waals surface area contributed by atoms with Crippen LogP contribution in [0.15, 0.2) is 29.8 Å². The first-order chi connectivity index (χ1) is 11.7. The maximum Gasteiger partial charge on any atom is 0.412 e. The predicted octanol–water partition coefficient (Wildman–Crippen LogP) is 2.92. The van der Waals surface area contributed by atoms with Crippen LogP contribution in [0.1, 0.15) is 12.8 Å². The number of imidazole rings is 1. The summed E-state index contributed by atoms with van der Waals surface area (Å²) in [5.41, 5.74) is 1.80. The predicted molar refractivity (Wildman–Crippen MR) is 93.6 cm³/mol. The van der Waals surface area contributed by atoms with Gasteiger partial charge in [-0.05, 0) is 36.9 Å². The lowest BCUT2D eigenvalue weighted by atomic mass is 10.1. The molecule has 7 nitrogen and oxygen atoms in total. The van der Waals surface area contributed by atoms with Crippen LogP contribution in [0.2, 0.25) is 0 Å². The highest BCUT2D eigenvalue weighted by Crippen LogP contribution is 2.30. The number of fused-ring (bicyclic) bond motifs is 1. The molecule has 1 amide bonds. The summed E-state index contributed by atoms with van der Waals surface area (Å²) in [6.07, 6.45) is 2.47. The molecule has 24 heavy (non-hydrogen) atoms. The Bertz CT molecular complexity index is 855. The molecule has 4 heterocycles. The smallest absolute Gasteiger partial charge is 0.412 e. The van der Waals surface area contributed by atoms with Crippen LogP contribution in [-0.4, -0.2) is 45.3 Å². The summed E-state index contributed by atoms with van der Waals surface area (Å²) in [4.78, 5) is 26.4. The van der Waals surface area contributed by atoms with Gasteiger partial charge in [0.05, 0.1) is 16.6 Å². The van der Waals surface area contributed by atoms with Crippen LogP contribution in [-0.2, 0) is 0 Å². The van der Waals surface area contributed by atoms with Gasteiger partial charge in [0, 0.05) is 12.7 Å². The summed E-state index contributed by atoms with van der Waals surface area (Å²) in [7, 11) is 0. The van der Waals surface area contributed by atoms with Crippen molar-refractivity contribution in [3.05, 3.63) is 29.8 Å². The van der Waals surface area contributed by atoms with E-state index in [2.05, 4.69) is 20.3 Å². The van der Waals surface area contributed by atoms with Crippen LogP contribution in [0.3, 0.4) is 0 Å². The minimum Gasteiger partial charge on any atom is -0.465 e. The molecule has 1 fully saturated rings. The molecule has 8 heteroatoms. The summed E-state index contributed by atoms with van der Waals surface area (Å²) < 4.78 is 0. The number of pyridine rings is 1. The monoisotopic (exact) mass is 343 g/mol. The summed E-state index contributed by atoms with van der Waals surface area (Å²) >= 11 is 1.58. The number of anilines is 1. The Kier molecular flexibility index (Phi) is 3.91. The number of carbonyl (C=O) groups is 1. The maximum absolute atomic E-state index is 11.9. The standard InChI is InChI=1S/C16H17N5O2S/c22-16(23)21(10-3-1-6-17-9-10)11-5-7-18-15-13(11)19-14(20-15)12-4-2-8-24-12/h2,4-5,7-8,10,17H,1,3,6,9H2,(H,22,23)(H,18,19,20). The number of rotatable bonds is 3. The van der Waals surface area contributed by atoms with Gasteiger partial charge in [-0.2, -0.15) is 0 Å². The molecule has 0 saturated carbocycles. The van der Waals surface area contributed by atoms with Crippen molar-refractivity contribution in [2.45, 2.75) is 18.9 Å². The van der Waals surface area contributed by atoms with Crippen LogP contribution in [0.5, 0.6) is 0 Å². The summed E-state index contributed by atoms with van der Waals surface area (Å²) in [5.74, 6) is 0.715. The quantitative estimate of drug-likeness (QED) is 0.680. The number of carboxylic acid groups (broad SMARTS) is 1. The summed E-state index contributed by atoms with van der Waals surface area (Å²) in [5, 5.41) is 15.0. The van der Waals surface area contributed by atoms with E-state index in [-0.39, 0.29) is 6.04 Å². The van der Waals surface area contributed by atoms with Crippen LogP contribution >= 0.6 is 11.3 Å². The van der Waals surface area contributed by atoms with E-state index in [9.17, 15) is 9.90 Å². The number of H-pyrrole nitrogens is 1. The normalized spacial score (nSPS) is 17.9. The number of aromatic nitrogens is 3. The minimum absolute atomic E-state index is 0.0877. The zero-order chi connectivity index (χ0) is 16.5. The molecule has 1 atom stereocenters.